The lowest BCUT2D eigenvalue weighted by Gasteiger charge is -2.36. The van der Waals surface area contributed by atoms with Crippen molar-refractivity contribution < 1.29 is 33.3 Å². The third-order valence-corrected chi connectivity index (χ3v) is 6.97. The fourth-order valence-corrected chi connectivity index (χ4v) is 5.26. The third-order valence-electron chi connectivity index (χ3n) is 6.97. The van der Waals surface area contributed by atoms with E-state index in [2.05, 4.69) is 5.32 Å². The number of methoxy groups -OCH3 is 1. The third kappa shape index (κ3) is 5.16. The van der Waals surface area contributed by atoms with Gasteiger partial charge in [0.1, 0.15) is 17.3 Å². The summed E-state index contributed by atoms with van der Waals surface area (Å²) in [6, 6.07) is 12.4. The van der Waals surface area contributed by atoms with Gasteiger partial charge in [-0.3, -0.25) is 14.4 Å². The summed E-state index contributed by atoms with van der Waals surface area (Å²) in [5.41, 5.74) is 2.57. The van der Waals surface area contributed by atoms with Crippen molar-refractivity contribution in [1.29, 1.82) is 0 Å². The quantitative estimate of drug-likeness (QED) is 0.511. The Balaban J connectivity index is 1.40. The lowest BCUT2D eigenvalue weighted by Crippen LogP contribution is -2.30. The molecular weight excluding hydrogens is 486 g/mol. The molecule has 0 aromatic heterocycles. The van der Waals surface area contributed by atoms with E-state index in [1.54, 1.807) is 37.4 Å². The molecule has 1 amide bonds. The number of benzene rings is 2. The second-order valence-electron chi connectivity index (χ2n) is 9.47. The molecule has 2 aliphatic carbocycles. The van der Waals surface area contributed by atoms with E-state index in [4.69, 9.17) is 18.9 Å². The first-order valence-corrected chi connectivity index (χ1v) is 13.0. The van der Waals surface area contributed by atoms with Crippen LogP contribution < -0.4 is 19.5 Å². The monoisotopic (exact) mass is 517 g/mol. The molecule has 0 bridgehead atoms. The molecule has 0 saturated carbocycles. The van der Waals surface area contributed by atoms with Crippen molar-refractivity contribution in [3.63, 3.8) is 0 Å². The van der Waals surface area contributed by atoms with E-state index in [0.29, 0.717) is 77.9 Å². The fourth-order valence-electron chi connectivity index (χ4n) is 5.26. The fraction of sp³-hybridized carbons (Fsp3) is 0.367. The molecule has 0 spiro atoms. The van der Waals surface area contributed by atoms with Crippen molar-refractivity contribution >= 4 is 23.2 Å². The van der Waals surface area contributed by atoms with E-state index < -0.39 is 5.92 Å². The number of ether oxygens (including phenoxy) is 4. The maximum atomic E-state index is 13.1. The Labute approximate surface area is 221 Å². The van der Waals surface area contributed by atoms with Gasteiger partial charge in [0.25, 0.3) is 5.91 Å². The number of hydrogen-bond acceptors (Lipinski definition) is 7. The van der Waals surface area contributed by atoms with Gasteiger partial charge in [-0.1, -0.05) is 6.07 Å². The smallest absolute Gasteiger partial charge is 0.262 e. The van der Waals surface area contributed by atoms with Crippen LogP contribution in [0.3, 0.4) is 0 Å². The Hall–Kier alpha value is -4.07. The van der Waals surface area contributed by atoms with E-state index in [-0.39, 0.29) is 24.1 Å². The highest BCUT2D eigenvalue weighted by Gasteiger charge is 2.42. The molecule has 1 aliphatic heterocycles. The standard InChI is InChI=1S/C30H31NO7/c1-3-36-26-16-18(10-15-23(26)37-17-27(34)31-19-11-13-20(35-2)14-12-19)28-29-21(32)6-4-8-24(29)38-25-9-5-7-22(33)30(25)28/h10-16,28H,3-9,17H2,1-2H3,(H,31,34). The number of amides is 1. The molecule has 5 rings (SSSR count). The summed E-state index contributed by atoms with van der Waals surface area (Å²) in [5, 5.41) is 2.79. The van der Waals surface area contributed by atoms with Gasteiger partial charge in [-0.25, -0.2) is 0 Å². The van der Waals surface area contributed by atoms with Crippen LogP contribution in [0.4, 0.5) is 5.69 Å². The summed E-state index contributed by atoms with van der Waals surface area (Å²) in [7, 11) is 1.58. The Kier molecular flexibility index (Phi) is 7.49. The summed E-state index contributed by atoms with van der Waals surface area (Å²) < 4.78 is 23.0. The molecule has 1 heterocycles. The molecule has 2 aromatic carbocycles. The number of hydrogen-bond donors (Lipinski definition) is 1. The number of allylic oxidation sites excluding steroid dienone is 4. The zero-order valence-electron chi connectivity index (χ0n) is 21.6. The minimum Gasteiger partial charge on any atom is -0.497 e. The van der Waals surface area contributed by atoms with Crippen molar-refractivity contribution in [2.75, 3.05) is 25.6 Å². The molecule has 0 fully saturated rings. The van der Waals surface area contributed by atoms with Crippen molar-refractivity contribution in [2.45, 2.75) is 51.4 Å². The predicted octanol–water partition coefficient (Wildman–Crippen LogP) is 5.24. The Morgan fingerprint density at radius 2 is 1.55 bits per heavy atom. The average Bonchev–Trinajstić information content (AvgIpc) is 2.92. The van der Waals surface area contributed by atoms with Crippen LogP contribution in [0.15, 0.2) is 65.1 Å². The molecule has 0 saturated heterocycles. The molecule has 0 radical (unpaired) electrons. The normalized spacial score (nSPS) is 17.4. The maximum absolute atomic E-state index is 13.1. The lowest BCUT2D eigenvalue weighted by atomic mass is 9.73. The van der Waals surface area contributed by atoms with Crippen LogP contribution in [0.1, 0.15) is 56.9 Å². The van der Waals surface area contributed by atoms with Gasteiger partial charge in [0.2, 0.25) is 0 Å². The van der Waals surface area contributed by atoms with E-state index in [0.717, 1.165) is 18.4 Å². The minimum atomic E-state index is -0.485. The zero-order chi connectivity index (χ0) is 26.6. The molecule has 0 unspecified atom stereocenters. The van der Waals surface area contributed by atoms with E-state index in [1.165, 1.54) is 0 Å². The second-order valence-corrected chi connectivity index (χ2v) is 9.47. The number of anilines is 1. The number of nitrogens with one attached hydrogen (secondary N) is 1. The predicted molar refractivity (Wildman–Crippen MR) is 140 cm³/mol. The highest BCUT2D eigenvalue weighted by Crippen LogP contribution is 2.48. The Bertz CT molecular complexity index is 1280. The van der Waals surface area contributed by atoms with E-state index >= 15 is 0 Å². The van der Waals surface area contributed by atoms with Gasteiger partial charge < -0.3 is 24.3 Å². The van der Waals surface area contributed by atoms with Gasteiger partial charge in [0.15, 0.2) is 29.7 Å². The number of carbonyl (C=O) groups is 3. The van der Waals surface area contributed by atoms with Crippen LogP contribution in [-0.2, 0) is 19.1 Å². The first-order chi connectivity index (χ1) is 18.5. The summed E-state index contributed by atoms with van der Waals surface area (Å²) >= 11 is 0. The largest absolute Gasteiger partial charge is 0.497 e. The first kappa shape index (κ1) is 25.6. The van der Waals surface area contributed by atoms with E-state index in [9.17, 15) is 14.4 Å². The SMILES string of the molecule is CCOc1cc(C2C3=C(CCCC3=O)OC3=C2C(=O)CCC3)ccc1OCC(=O)Nc1ccc(OC)cc1. The van der Waals surface area contributed by atoms with Crippen LogP contribution in [-0.4, -0.2) is 37.8 Å². The molecule has 8 nitrogen and oxygen atoms in total. The highest BCUT2D eigenvalue weighted by molar-refractivity contribution is 6.05. The van der Waals surface area contributed by atoms with Crippen molar-refractivity contribution in [3.8, 4) is 17.2 Å². The summed E-state index contributed by atoms with van der Waals surface area (Å²) in [4.78, 5) is 38.6. The van der Waals surface area contributed by atoms with Gasteiger partial charge in [-0.2, -0.15) is 0 Å². The number of rotatable bonds is 8. The molecule has 2 aromatic rings. The number of Topliss-reactive ketones (excluding diaryl/α,β-unsaturated/α-hetero) is 2. The van der Waals surface area contributed by atoms with Gasteiger partial charge in [0.05, 0.1) is 13.7 Å². The van der Waals surface area contributed by atoms with Crippen LogP contribution in [0.5, 0.6) is 17.2 Å². The summed E-state index contributed by atoms with van der Waals surface area (Å²) in [5.74, 6) is 2.16. The maximum Gasteiger partial charge on any atom is 0.262 e. The molecule has 0 atom stereocenters. The molecule has 3 aliphatic rings. The molecule has 198 valence electrons. The van der Waals surface area contributed by atoms with Crippen molar-refractivity contribution in [1.82, 2.24) is 0 Å². The van der Waals surface area contributed by atoms with Gasteiger partial charge in [0, 0.05) is 48.4 Å². The van der Waals surface area contributed by atoms with Crippen LogP contribution in [0.2, 0.25) is 0 Å². The van der Waals surface area contributed by atoms with Crippen molar-refractivity contribution in [2.24, 2.45) is 0 Å². The van der Waals surface area contributed by atoms with Crippen LogP contribution in [0.25, 0.3) is 0 Å². The molecule has 8 heteroatoms. The van der Waals surface area contributed by atoms with Crippen LogP contribution >= 0.6 is 0 Å². The Morgan fingerprint density at radius 1 is 0.895 bits per heavy atom. The average molecular weight is 518 g/mol. The Morgan fingerprint density at radius 3 is 2.16 bits per heavy atom. The summed E-state index contributed by atoms with van der Waals surface area (Å²) in [6.07, 6.45) is 3.75. The van der Waals surface area contributed by atoms with Gasteiger partial charge >= 0.3 is 0 Å². The molecule has 38 heavy (non-hydrogen) atoms. The highest BCUT2D eigenvalue weighted by atomic mass is 16.5. The first-order valence-electron chi connectivity index (χ1n) is 13.0. The topological polar surface area (TPSA) is 100 Å². The van der Waals surface area contributed by atoms with Crippen molar-refractivity contribution in [3.05, 3.63) is 70.7 Å². The lowest BCUT2D eigenvalue weighted by molar-refractivity contribution is -0.119. The summed E-state index contributed by atoms with van der Waals surface area (Å²) in [6.45, 7) is 2.02. The minimum absolute atomic E-state index is 0.0228. The molecular formula is C30H31NO7. The zero-order valence-corrected chi connectivity index (χ0v) is 21.6. The number of ketones is 2. The van der Waals surface area contributed by atoms with Crippen LogP contribution in [0, 0.1) is 0 Å². The van der Waals surface area contributed by atoms with Gasteiger partial charge in [-0.15, -0.1) is 0 Å². The number of carbonyl (C=O) groups excluding carboxylic acids is 3. The second kappa shape index (κ2) is 11.1. The molecule has 1 N–H and O–H groups in total. The van der Waals surface area contributed by atoms with E-state index in [1.807, 2.05) is 19.1 Å². The van der Waals surface area contributed by atoms with Gasteiger partial charge in [-0.05, 0) is 61.7 Å².